The Kier molecular flexibility index (Phi) is 3.77. The van der Waals surface area contributed by atoms with E-state index in [4.69, 9.17) is 11.6 Å². The van der Waals surface area contributed by atoms with Crippen LogP contribution >= 0.6 is 27.5 Å². The first-order valence-corrected chi connectivity index (χ1v) is 6.10. The number of halogens is 2. The number of hydrogen-bond acceptors (Lipinski definition) is 2. The SMILES string of the molecule is Cc1nc(C(C)C(C)(C)C)nc(Cl)c1Br. The van der Waals surface area contributed by atoms with Crippen LogP contribution < -0.4 is 0 Å². The molecule has 1 heterocycles. The van der Waals surface area contributed by atoms with Crippen molar-refractivity contribution in [3.8, 4) is 0 Å². The molecular weight excluding hydrogens is 275 g/mol. The van der Waals surface area contributed by atoms with E-state index in [1.165, 1.54) is 0 Å². The van der Waals surface area contributed by atoms with Crippen molar-refractivity contribution in [2.24, 2.45) is 5.41 Å². The van der Waals surface area contributed by atoms with Gasteiger partial charge in [0, 0.05) is 5.92 Å². The Bertz CT molecular complexity index is 348. The van der Waals surface area contributed by atoms with E-state index in [9.17, 15) is 0 Å². The molecule has 4 heteroatoms. The number of hydrogen-bond donors (Lipinski definition) is 0. The molecule has 0 fully saturated rings. The van der Waals surface area contributed by atoms with E-state index in [2.05, 4.69) is 53.6 Å². The van der Waals surface area contributed by atoms with Gasteiger partial charge in [0.2, 0.25) is 0 Å². The van der Waals surface area contributed by atoms with Crippen LogP contribution in [0, 0.1) is 12.3 Å². The second kappa shape index (κ2) is 4.38. The fourth-order valence-corrected chi connectivity index (χ4v) is 1.53. The van der Waals surface area contributed by atoms with Gasteiger partial charge in [-0.25, -0.2) is 9.97 Å². The summed E-state index contributed by atoms with van der Waals surface area (Å²) in [5.41, 5.74) is 1.03. The number of aryl methyl sites for hydroxylation is 1. The van der Waals surface area contributed by atoms with Crippen LogP contribution in [-0.4, -0.2) is 9.97 Å². The van der Waals surface area contributed by atoms with Gasteiger partial charge in [0.05, 0.1) is 10.2 Å². The summed E-state index contributed by atoms with van der Waals surface area (Å²) in [6, 6.07) is 0. The number of nitrogens with zero attached hydrogens (tertiary/aromatic N) is 2. The van der Waals surface area contributed by atoms with Crippen molar-refractivity contribution in [2.75, 3.05) is 0 Å². The van der Waals surface area contributed by atoms with E-state index >= 15 is 0 Å². The average molecular weight is 292 g/mol. The van der Waals surface area contributed by atoms with Gasteiger partial charge in [-0.1, -0.05) is 39.3 Å². The minimum Gasteiger partial charge on any atom is -0.237 e. The van der Waals surface area contributed by atoms with Crippen molar-refractivity contribution in [1.29, 1.82) is 0 Å². The molecule has 1 atom stereocenters. The highest BCUT2D eigenvalue weighted by molar-refractivity contribution is 9.10. The Morgan fingerprint density at radius 3 is 2.20 bits per heavy atom. The highest BCUT2D eigenvalue weighted by atomic mass is 79.9. The third kappa shape index (κ3) is 2.91. The predicted molar refractivity (Wildman–Crippen MR) is 67.3 cm³/mol. The molecule has 0 aromatic carbocycles. The lowest BCUT2D eigenvalue weighted by Crippen LogP contribution is -2.18. The van der Waals surface area contributed by atoms with Gasteiger partial charge in [-0.2, -0.15) is 0 Å². The Balaban J connectivity index is 3.17. The Morgan fingerprint density at radius 1 is 1.27 bits per heavy atom. The lowest BCUT2D eigenvalue weighted by atomic mass is 9.81. The van der Waals surface area contributed by atoms with E-state index in [0.29, 0.717) is 5.15 Å². The second-order valence-electron chi connectivity index (χ2n) is 4.86. The van der Waals surface area contributed by atoms with Gasteiger partial charge in [-0.05, 0) is 28.3 Å². The summed E-state index contributed by atoms with van der Waals surface area (Å²) in [6.07, 6.45) is 0. The van der Waals surface area contributed by atoms with Crippen molar-refractivity contribution < 1.29 is 0 Å². The van der Waals surface area contributed by atoms with Gasteiger partial charge < -0.3 is 0 Å². The Labute approximate surface area is 105 Å². The van der Waals surface area contributed by atoms with Crippen LogP contribution in [-0.2, 0) is 0 Å². The number of aromatic nitrogens is 2. The van der Waals surface area contributed by atoms with E-state index in [1.807, 2.05) is 6.92 Å². The quantitative estimate of drug-likeness (QED) is 0.719. The summed E-state index contributed by atoms with van der Waals surface area (Å²) >= 11 is 9.37. The summed E-state index contributed by atoms with van der Waals surface area (Å²) in [6.45, 7) is 10.6. The normalized spacial score (nSPS) is 14.1. The van der Waals surface area contributed by atoms with Crippen molar-refractivity contribution in [2.45, 2.75) is 40.5 Å². The molecule has 0 spiro atoms. The fraction of sp³-hybridized carbons (Fsp3) is 0.636. The first kappa shape index (κ1) is 12.9. The summed E-state index contributed by atoms with van der Waals surface area (Å²) in [4.78, 5) is 8.76. The van der Waals surface area contributed by atoms with Crippen LogP contribution in [0.3, 0.4) is 0 Å². The zero-order chi connectivity index (χ0) is 11.8. The zero-order valence-electron chi connectivity index (χ0n) is 9.73. The fourth-order valence-electron chi connectivity index (χ4n) is 1.13. The lowest BCUT2D eigenvalue weighted by molar-refractivity contribution is 0.327. The minimum atomic E-state index is 0.142. The maximum atomic E-state index is 6.02. The highest BCUT2D eigenvalue weighted by Crippen LogP contribution is 2.34. The molecule has 84 valence electrons. The minimum absolute atomic E-state index is 0.142. The van der Waals surface area contributed by atoms with Crippen molar-refractivity contribution in [3.05, 3.63) is 21.1 Å². The largest absolute Gasteiger partial charge is 0.237 e. The second-order valence-corrected chi connectivity index (χ2v) is 6.01. The van der Waals surface area contributed by atoms with Crippen molar-refractivity contribution >= 4 is 27.5 Å². The van der Waals surface area contributed by atoms with Gasteiger partial charge in [0.1, 0.15) is 11.0 Å². The van der Waals surface area contributed by atoms with Gasteiger partial charge in [-0.15, -0.1) is 0 Å². The van der Waals surface area contributed by atoms with Crippen molar-refractivity contribution in [3.63, 3.8) is 0 Å². The molecule has 0 amide bonds. The van der Waals surface area contributed by atoms with Crippen LogP contribution in [0.25, 0.3) is 0 Å². The molecule has 0 aliphatic rings. The van der Waals surface area contributed by atoms with E-state index in [-0.39, 0.29) is 11.3 Å². The summed E-state index contributed by atoms with van der Waals surface area (Å²) in [5.74, 6) is 1.09. The molecule has 1 unspecified atom stereocenters. The molecule has 15 heavy (non-hydrogen) atoms. The smallest absolute Gasteiger partial charge is 0.147 e. The molecule has 0 saturated carbocycles. The van der Waals surface area contributed by atoms with Crippen LogP contribution in [0.15, 0.2) is 4.47 Å². The maximum Gasteiger partial charge on any atom is 0.147 e. The first-order chi connectivity index (χ1) is 6.73. The zero-order valence-corrected chi connectivity index (χ0v) is 12.1. The number of rotatable bonds is 1. The third-order valence-corrected chi connectivity index (χ3v) is 4.13. The van der Waals surface area contributed by atoms with Crippen molar-refractivity contribution in [1.82, 2.24) is 9.97 Å². The molecule has 1 aromatic rings. The molecule has 0 aliphatic heterocycles. The molecule has 2 nitrogen and oxygen atoms in total. The summed E-state index contributed by atoms with van der Waals surface area (Å²) < 4.78 is 0.786. The molecule has 0 N–H and O–H groups in total. The average Bonchev–Trinajstić information content (AvgIpc) is 2.10. The van der Waals surface area contributed by atoms with Gasteiger partial charge >= 0.3 is 0 Å². The monoisotopic (exact) mass is 290 g/mol. The summed E-state index contributed by atoms with van der Waals surface area (Å²) in [7, 11) is 0. The van der Waals surface area contributed by atoms with E-state index < -0.39 is 0 Å². The topological polar surface area (TPSA) is 25.8 Å². The molecule has 1 rings (SSSR count). The van der Waals surface area contributed by atoms with E-state index in [1.54, 1.807) is 0 Å². The molecular formula is C11H16BrClN2. The van der Waals surface area contributed by atoms with Gasteiger partial charge in [-0.3, -0.25) is 0 Å². The van der Waals surface area contributed by atoms with Crippen LogP contribution in [0.5, 0.6) is 0 Å². The Morgan fingerprint density at radius 2 is 1.80 bits per heavy atom. The third-order valence-electron chi connectivity index (χ3n) is 2.68. The Hall–Kier alpha value is -0.150. The maximum absolute atomic E-state index is 6.02. The van der Waals surface area contributed by atoms with Crippen LogP contribution in [0.1, 0.15) is 45.1 Å². The van der Waals surface area contributed by atoms with Gasteiger partial charge in [0.25, 0.3) is 0 Å². The molecule has 0 bridgehead atoms. The lowest BCUT2D eigenvalue weighted by Gasteiger charge is -2.26. The molecule has 0 radical (unpaired) electrons. The van der Waals surface area contributed by atoms with Crippen LogP contribution in [0.2, 0.25) is 5.15 Å². The summed E-state index contributed by atoms with van der Waals surface area (Å²) in [5, 5.41) is 0.494. The highest BCUT2D eigenvalue weighted by Gasteiger charge is 2.25. The predicted octanol–water partition coefficient (Wildman–Crippen LogP) is 4.35. The van der Waals surface area contributed by atoms with E-state index in [0.717, 1.165) is 16.0 Å². The van der Waals surface area contributed by atoms with Crippen LogP contribution in [0.4, 0.5) is 0 Å². The van der Waals surface area contributed by atoms with Gasteiger partial charge in [0.15, 0.2) is 0 Å². The molecule has 0 aliphatic carbocycles. The first-order valence-electron chi connectivity index (χ1n) is 4.93. The molecule has 0 saturated heterocycles. The molecule has 1 aromatic heterocycles. The standard InChI is InChI=1S/C11H16BrClN2/c1-6(11(3,4)5)10-14-7(2)8(12)9(13)15-10/h6H,1-5H3.